The standard InChI is InChI=1S/C18H23N3O2/c1-13-16(23-17(20-13)15-8-4-3-5-9-15)18(22)21-10-6-7-14(12-21)11-19-2/h3-5,8-9,14,19H,6-7,10-12H2,1-2H3. The van der Waals surface area contributed by atoms with E-state index in [1.54, 1.807) is 0 Å². The van der Waals surface area contributed by atoms with Gasteiger partial charge in [-0.2, -0.15) is 0 Å². The molecule has 1 unspecified atom stereocenters. The summed E-state index contributed by atoms with van der Waals surface area (Å²) in [6.45, 7) is 4.34. The van der Waals surface area contributed by atoms with Crippen LogP contribution in [0.4, 0.5) is 0 Å². The molecule has 2 heterocycles. The van der Waals surface area contributed by atoms with Gasteiger partial charge in [0.25, 0.3) is 5.91 Å². The Labute approximate surface area is 136 Å². The Kier molecular flexibility index (Phi) is 4.76. The fourth-order valence-electron chi connectivity index (χ4n) is 3.15. The summed E-state index contributed by atoms with van der Waals surface area (Å²) in [5, 5.41) is 3.20. The maximum atomic E-state index is 12.8. The Morgan fingerprint density at radius 3 is 2.91 bits per heavy atom. The summed E-state index contributed by atoms with van der Waals surface area (Å²) in [7, 11) is 1.95. The van der Waals surface area contributed by atoms with E-state index >= 15 is 0 Å². The Morgan fingerprint density at radius 1 is 1.39 bits per heavy atom. The molecule has 2 aromatic rings. The van der Waals surface area contributed by atoms with E-state index < -0.39 is 0 Å². The number of aromatic nitrogens is 1. The van der Waals surface area contributed by atoms with Crippen molar-refractivity contribution >= 4 is 5.91 Å². The first-order valence-electron chi connectivity index (χ1n) is 8.15. The predicted molar refractivity (Wildman–Crippen MR) is 89.2 cm³/mol. The number of nitrogens with zero attached hydrogens (tertiary/aromatic N) is 2. The first-order chi connectivity index (χ1) is 11.2. The SMILES string of the molecule is CNCC1CCCN(C(=O)c2oc(-c3ccccc3)nc2C)C1. The van der Waals surface area contributed by atoms with Crippen molar-refractivity contribution in [2.24, 2.45) is 5.92 Å². The second kappa shape index (κ2) is 6.96. The number of amides is 1. The highest BCUT2D eigenvalue weighted by molar-refractivity contribution is 5.93. The number of aryl methyl sites for hydroxylation is 1. The van der Waals surface area contributed by atoms with Gasteiger partial charge in [-0.05, 0) is 51.4 Å². The first kappa shape index (κ1) is 15.7. The summed E-state index contributed by atoms with van der Waals surface area (Å²) in [5.41, 5.74) is 1.55. The van der Waals surface area contributed by atoms with Crippen molar-refractivity contribution in [3.63, 3.8) is 0 Å². The quantitative estimate of drug-likeness (QED) is 0.943. The number of nitrogens with one attached hydrogen (secondary N) is 1. The number of rotatable bonds is 4. The van der Waals surface area contributed by atoms with Crippen molar-refractivity contribution in [2.75, 3.05) is 26.7 Å². The van der Waals surface area contributed by atoms with Crippen LogP contribution in [0.1, 0.15) is 29.1 Å². The van der Waals surface area contributed by atoms with Crippen LogP contribution >= 0.6 is 0 Å². The molecule has 0 spiro atoms. The summed E-state index contributed by atoms with van der Waals surface area (Å²) in [5.74, 6) is 1.34. The van der Waals surface area contributed by atoms with Crippen molar-refractivity contribution < 1.29 is 9.21 Å². The van der Waals surface area contributed by atoms with E-state index in [0.29, 0.717) is 23.3 Å². The minimum Gasteiger partial charge on any atom is -0.431 e. The highest BCUT2D eigenvalue weighted by atomic mass is 16.4. The normalized spacial score (nSPS) is 18.2. The molecular formula is C18H23N3O2. The second-order valence-corrected chi connectivity index (χ2v) is 6.12. The van der Waals surface area contributed by atoms with Gasteiger partial charge in [-0.15, -0.1) is 0 Å². The van der Waals surface area contributed by atoms with Crippen molar-refractivity contribution in [3.8, 4) is 11.5 Å². The summed E-state index contributed by atoms with van der Waals surface area (Å²) in [4.78, 5) is 19.1. The third-order valence-corrected chi connectivity index (χ3v) is 4.31. The fraction of sp³-hybridized carbons (Fsp3) is 0.444. The molecule has 0 aliphatic carbocycles. The van der Waals surface area contributed by atoms with Crippen molar-refractivity contribution in [1.82, 2.24) is 15.2 Å². The highest BCUT2D eigenvalue weighted by Gasteiger charge is 2.28. The lowest BCUT2D eigenvalue weighted by Crippen LogP contribution is -2.42. The van der Waals surface area contributed by atoms with E-state index in [9.17, 15) is 4.79 Å². The minimum absolute atomic E-state index is 0.0435. The summed E-state index contributed by atoms with van der Waals surface area (Å²) >= 11 is 0. The Bertz CT molecular complexity index is 664. The molecule has 3 rings (SSSR count). The number of carbonyl (C=O) groups excluding carboxylic acids is 1. The van der Waals surface area contributed by atoms with Gasteiger partial charge in [0.15, 0.2) is 0 Å². The average molecular weight is 313 g/mol. The topological polar surface area (TPSA) is 58.4 Å². The van der Waals surface area contributed by atoms with Crippen LogP contribution in [-0.2, 0) is 0 Å². The second-order valence-electron chi connectivity index (χ2n) is 6.12. The number of oxazole rings is 1. The molecule has 0 radical (unpaired) electrons. The number of likely N-dealkylation sites (tertiary alicyclic amines) is 1. The Balaban J connectivity index is 1.79. The number of benzene rings is 1. The van der Waals surface area contributed by atoms with Gasteiger partial charge in [-0.1, -0.05) is 18.2 Å². The van der Waals surface area contributed by atoms with Gasteiger partial charge in [0.2, 0.25) is 11.7 Å². The van der Waals surface area contributed by atoms with Crippen LogP contribution in [0.5, 0.6) is 0 Å². The van der Waals surface area contributed by atoms with E-state index in [0.717, 1.165) is 38.0 Å². The zero-order chi connectivity index (χ0) is 16.2. The molecule has 1 aromatic carbocycles. The van der Waals surface area contributed by atoms with Crippen LogP contribution in [0.3, 0.4) is 0 Å². The molecule has 1 aromatic heterocycles. The van der Waals surface area contributed by atoms with Gasteiger partial charge in [0.05, 0.1) is 5.69 Å². The molecule has 1 fully saturated rings. The highest BCUT2D eigenvalue weighted by Crippen LogP contribution is 2.24. The van der Waals surface area contributed by atoms with E-state index in [1.807, 2.05) is 49.2 Å². The lowest BCUT2D eigenvalue weighted by molar-refractivity contribution is 0.0642. The number of hydrogen-bond acceptors (Lipinski definition) is 4. The molecular weight excluding hydrogens is 290 g/mol. The Hall–Kier alpha value is -2.14. The Morgan fingerprint density at radius 2 is 2.17 bits per heavy atom. The lowest BCUT2D eigenvalue weighted by atomic mass is 9.98. The maximum absolute atomic E-state index is 12.8. The smallest absolute Gasteiger partial charge is 0.291 e. The molecule has 1 amide bonds. The summed E-state index contributed by atoms with van der Waals surface area (Å²) in [6.07, 6.45) is 2.20. The van der Waals surface area contributed by atoms with E-state index in [2.05, 4.69) is 10.3 Å². The van der Waals surface area contributed by atoms with E-state index in [-0.39, 0.29) is 5.91 Å². The van der Waals surface area contributed by atoms with Crippen LogP contribution in [0.2, 0.25) is 0 Å². The zero-order valence-corrected chi connectivity index (χ0v) is 13.7. The molecule has 1 atom stereocenters. The molecule has 1 N–H and O–H groups in total. The number of carbonyl (C=O) groups is 1. The third kappa shape index (κ3) is 3.45. The fourth-order valence-corrected chi connectivity index (χ4v) is 3.15. The molecule has 1 aliphatic heterocycles. The average Bonchev–Trinajstić information content (AvgIpc) is 2.97. The molecule has 1 saturated heterocycles. The first-order valence-corrected chi connectivity index (χ1v) is 8.15. The van der Waals surface area contributed by atoms with Gasteiger partial charge in [-0.25, -0.2) is 4.98 Å². The largest absolute Gasteiger partial charge is 0.431 e. The van der Waals surface area contributed by atoms with Crippen LogP contribution in [0.15, 0.2) is 34.7 Å². The van der Waals surface area contributed by atoms with Gasteiger partial charge in [-0.3, -0.25) is 4.79 Å². The monoisotopic (exact) mass is 313 g/mol. The van der Waals surface area contributed by atoms with E-state index in [4.69, 9.17) is 4.42 Å². The number of piperidine rings is 1. The van der Waals surface area contributed by atoms with Crippen LogP contribution < -0.4 is 5.32 Å². The molecule has 0 saturated carbocycles. The predicted octanol–water partition coefficient (Wildman–Crippen LogP) is 2.72. The van der Waals surface area contributed by atoms with Crippen LogP contribution in [0, 0.1) is 12.8 Å². The molecule has 0 bridgehead atoms. The lowest BCUT2D eigenvalue weighted by Gasteiger charge is -2.32. The van der Waals surface area contributed by atoms with Crippen LogP contribution in [0.25, 0.3) is 11.5 Å². The molecule has 23 heavy (non-hydrogen) atoms. The molecule has 122 valence electrons. The molecule has 5 heteroatoms. The molecule has 1 aliphatic rings. The van der Waals surface area contributed by atoms with E-state index in [1.165, 1.54) is 0 Å². The third-order valence-electron chi connectivity index (χ3n) is 4.31. The summed E-state index contributed by atoms with van der Waals surface area (Å²) in [6, 6.07) is 9.68. The van der Waals surface area contributed by atoms with Crippen molar-refractivity contribution in [1.29, 1.82) is 0 Å². The molecule has 5 nitrogen and oxygen atoms in total. The van der Waals surface area contributed by atoms with Crippen molar-refractivity contribution in [3.05, 3.63) is 41.8 Å². The minimum atomic E-state index is -0.0435. The van der Waals surface area contributed by atoms with Crippen LogP contribution in [-0.4, -0.2) is 42.5 Å². The number of hydrogen-bond donors (Lipinski definition) is 1. The van der Waals surface area contributed by atoms with Crippen molar-refractivity contribution in [2.45, 2.75) is 19.8 Å². The maximum Gasteiger partial charge on any atom is 0.291 e. The summed E-state index contributed by atoms with van der Waals surface area (Å²) < 4.78 is 5.79. The van der Waals surface area contributed by atoms with Gasteiger partial charge in [0.1, 0.15) is 0 Å². The van der Waals surface area contributed by atoms with Gasteiger partial charge in [0, 0.05) is 18.7 Å². The van der Waals surface area contributed by atoms with Gasteiger partial charge >= 0.3 is 0 Å². The zero-order valence-electron chi connectivity index (χ0n) is 13.7. The van der Waals surface area contributed by atoms with Gasteiger partial charge < -0.3 is 14.6 Å².